The molecule has 2 unspecified atom stereocenters. The summed E-state index contributed by atoms with van der Waals surface area (Å²) in [7, 11) is 0. The molecule has 9 heavy (non-hydrogen) atoms. The fourth-order valence-corrected chi connectivity index (χ4v) is 0.909. The number of hydrogen-bond acceptors (Lipinski definition) is 2. The molecule has 0 radical (unpaired) electrons. The first-order valence-corrected chi connectivity index (χ1v) is 3.07. The molecule has 2 nitrogen and oxygen atoms in total. The molecule has 0 saturated heterocycles. The first-order chi connectivity index (χ1) is 4.23. The second kappa shape index (κ2) is 1.95. The zero-order valence-electron chi connectivity index (χ0n) is 5.54. The standard InChI is InChI=1S/C7H11NO/c1-3-6-5-7(6,9)8-4-2/h3-4,6,9H,1,5H2,2H3. The average Bonchev–Trinajstić information content (AvgIpc) is 2.43. The SMILES string of the molecule is C=CC1CC1(O)N=CC. The highest BCUT2D eigenvalue weighted by Crippen LogP contribution is 2.44. The molecule has 1 fully saturated rings. The van der Waals surface area contributed by atoms with Gasteiger partial charge < -0.3 is 5.11 Å². The Kier molecular flexibility index (Phi) is 1.41. The fourth-order valence-electron chi connectivity index (χ4n) is 0.909. The Labute approximate surface area is 54.9 Å². The highest BCUT2D eigenvalue weighted by atomic mass is 16.3. The molecule has 50 valence electrons. The first kappa shape index (κ1) is 6.49. The van der Waals surface area contributed by atoms with E-state index in [2.05, 4.69) is 11.6 Å². The van der Waals surface area contributed by atoms with Crippen LogP contribution in [-0.2, 0) is 0 Å². The lowest BCUT2D eigenvalue weighted by Gasteiger charge is -1.97. The summed E-state index contributed by atoms with van der Waals surface area (Å²) >= 11 is 0. The number of aliphatic imine (C=N–C) groups is 1. The molecular weight excluding hydrogens is 114 g/mol. The third-order valence-electron chi connectivity index (χ3n) is 1.59. The summed E-state index contributed by atoms with van der Waals surface area (Å²) in [6, 6.07) is 0. The van der Waals surface area contributed by atoms with Crippen molar-refractivity contribution in [1.82, 2.24) is 0 Å². The van der Waals surface area contributed by atoms with E-state index in [0.717, 1.165) is 6.42 Å². The highest BCUT2D eigenvalue weighted by molar-refractivity contribution is 5.54. The van der Waals surface area contributed by atoms with E-state index in [-0.39, 0.29) is 5.92 Å². The van der Waals surface area contributed by atoms with Crippen LogP contribution in [0, 0.1) is 5.92 Å². The van der Waals surface area contributed by atoms with E-state index < -0.39 is 5.72 Å². The third kappa shape index (κ3) is 1.03. The lowest BCUT2D eigenvalue weighted by molar-refractivity contribution is 0.150. The summed E-state index contributed by atoms with van der Waals surface area (Å²) in [5.41, 5.74) is -0.781. The van der Waals surface area contributed by atoms with Gasteiger partial charge in [0.25, 0.3) is 0 Å². The summed E-state index contributed by atoms with van der Waals surface area (Å²) in [5.74, 6) is 0.189. The van der Waals surface area contributed by atoms with Gasteiger partial charge in [-0.3, -0.25) is 4.99 Å². The van der Waals surface area contributed by atoms with Crippen LogP contribution in [0.25, 0.3) is 0 Å². The van der Waals surface area contributed by atoms with Crippen LogP contribution in [0.15, 0.2) is 17.6 Å². The summed E-state index contributed by atoms with van der Waals surface area (Å²) in [4.78, 5) is 3.88. The van der Waals surface area contributed by atoms with Crippen LogP contribution in [0.2, 0.25) is 0 Å². The quantitative estimate of drug-likeness (QED) is 0.433. The molecule has 0 aromatic rings. The van der Waals surface area contributed by atoms with Gasteiger partial charge in [0.15, 0.2) is 5.72 Å². The normalized spacial score (nSPS) is 41.3. The van der Waals surface area contributed by atoms with Crippen molar-refractivity contribution in [3.05, 3.63) is 12.7 Å². The van der Waals surface area contributed by atoms with Gasteiger partial charge >= 0.3 is 0 Å². The van der Waals surface area contributed by atoms with Gasteiger partial charge in [0, 0.05) is 12.3 Å². The number of rotatable bonds is 2. The molecule has 1 saturated carbocycles. The molecule has 1 N–H and O–H groups in total. The number of hydrogen-bond donors (Lipinski definition) is 1. The zero-order valence-corrected chi connectivity index (χ0v) is 5.54. The molecule has 0 aromatic heterocycles. The van der Waals surface area contributed by atoms with Crippen LogP contribution >= 0.6 is 0 Å². The lowest BCUT2D eigenvalue weighted by atomic mass is 10.4. The van der Waals surface area contributed by atoms with Crippen molar-refractivity contribution in [1.29, 1.82) is 0 Å². The lowest BCUT2D eigenvalue weighted by Crippen LogP contribution is -2.04. The third-order valence-corrected chi connectivity index (χ3v) is 1.59. The van der Waals surface area contributed by atoms with Crippen molar-refractivity contribution in [2.45, 2.75) is 19.1 Å². The predicted molar refractivity (Wildman–Crippen MR) is 37.4 cm³/mol. The Bertz CT molecular complexity index is 153. The molecule has 0 spiro atoms. The molecular formula is C7H11NO. The first-order valence-electron chi connectivity index (χ1n) is 3.07. The van der Waals surface area contributed by atoms with Crippen LogP contribution in [0.5, 0.6) is 0 Å². The maximum Gasteiger partial charge on any atom is 0.162 e. The van der Waals surface area contributed by atoms with Crippen LogP contribution in [0.4, 0.5) is 0 Å². The van der Waals surface area contributed by atoms with E-state index in [4.69, 9.17) is 0 Å². The maximum absolute atomic E-state index is 9.32. The van der Waals surface area contributed by atoms with Crippen molar-refractivity contribution in [3.8, 4) is 0 Å². The minimum Gasteiger partial charge on any atom is -0.369 e. The molecule has 1 rings (SSSR count). The van der Waals surface area contributed by atoms with Gasteiger partial charge in [0.2, 0.25) is 0 Å². The van der Waals surface area contributed by atoms with Gasteiger partial charge in [0.1, 0.15) is 0 Å². The minimum atomic E-state index is -0.781. The van der Waals surface area contributed by atoms with Gasteiger partial charge in [-0.05, 0) is 13.1 Å². The van der Waals surface area contributed by atoms with E-state index in [0.29, 0.717) is 0 Å². The molecule has 0 heterocycles. The molecule has 2 atom stereocenters. The highest BCUT2D eigenvalue weighted by Gasteiger charge is 2.50. The van der Waals surface area contributed by atoms with Crippen molar-refractivity contribution < 1.29 is 5.11 Å². The Hall–Kier alpha value is -0.630. The molecule has 2 heteroatoms. The maximum atomic E-state index is 9.32. The topological polar surface area (TPSA) is 32.6 Å². The molecule has 0 aliphatic heterocycles. The Morgan fingerprint density at radius 1 is 1.89 bits per heavy atom. The molecule has 0 bridgehead atoms. The van der Waals surface area contributed by atoms with Gasteiger partial charge in [-0.25, -0.2) is 0 Å². The second-order valence-electron chi connectivity index (χ2n) is 2.31. The van der Waals surface area contributed by atoms with Crippen molar-refractivity contribution in [2.24, 2.45) is 10.9 Å². The monoisotopic (exact) mass is 125 g/mol. The second-order valence-corrected chi connectivity index (χ2v) is 2.31. The summed E-state index contributed by atoms with van der Waals surface area (Å²) < 4.78 is 0. The Morgan fingerprint density at radius 3 is 2.89 bits per heavy atom. The molecule has 0 aromatic carbocycles. The predicted octanol–water partition coefficient (Wildman–Crippen LogP) is 0.972. The Morgan fingerprint density at radius 2 is 2.56 bits per heavy atom. The van der Waals surface area contributed by atoms with Crippen molar-refractivity contribution in [2.75, 3.05) is 0 Å². The fraction of sp³-hybridized carbons (Fsp3) is 0.571. The summed E-state index contributed by atoms with van der Waals surface area (Å²) in [6.45, 7) is 5.37. The number of nitrogens with zero attached hydrogens (tertiary/aromatic N) is 1. The van der Waals surface area contributed by atoms with E-state index in [1.54, 1.807) is 19.2 Å². The van der Waals surface area contributed by atoms with E-state index in [9.17, 15) is 5.11 Å². The van der Waals surface area contributed by atoms with Gasteiger partial charge in [-0.15, -0.1) is 6.58 Å². The van der Waals surface area contributed by atoms with Crippen LogP contribution in [0.1, 0.15) is 13.3 Å². The van der Waals surface area contributed by atoms with Crippen LogP contribution in [-0.4, -0.2) is 17.0 Å². The van der Waals surface area contributed by atoms with E-state index in [1.807, 2.05) is 0 Å². The van der Waals surface area contributed by atoms with Crippen LogP contribution in [0.3, 0.4) is 0 Å². The Balaban J connectivity index is 2.51. The van der Waals surface area contributed by atoms with Crippen molar-refractivity contribution >= 4 is 6.21 Å². The smallest absolute Gasteiger partial charge is 0.162 e. The van der Waals surface area contributed by atoms with Crippen LogP contribution < -0.4 is 0 Å². The number of aliphatic hydroxyl groups is 1. The van der Waals surface area contributed by atoms with E-state index in [1.165, 1.54) is 0 Å². The van der Waals surface area contributed by atoms with Gasteiger partial charge in [-0.2, -0.15) is 0 Å². The largest absolute Gasteiger partial charge is 0.369 e. The summed E-state index contributed by atoms with van der Waals surface area (Å²) in [5, 5.41) is 9.32. The summed E-state index contributed by atoms with van der Waals surface area (Å²) in [6.07, 6.45) is 4.11. The molecule has 0 amide bonds. The van der Waals surface area contributed by atoms with Gasteiger partial charge in [-0.1, -0.05) is 6.08 Å². The molecule has 1 aliphatic carbocycles. The zero-order chi connectivity index (χ0) is 6.91. The average molecular weight is 125 g/mol. The van der Waals surface area contributed by atoms with Crippen molar-refractivity contribution in [3.63, 3.8) is 0 Å². The minimum absolute atomic E-state index is 0.189. The van der Waals surface area contributed by atoms with E-state index >= 15 is 0 Å². The molecule has 1 aliphatic rings. The van der Waals surface area contributed by atoms with Gasteiger partial charge in [0.05, 0.1) is 0 Å².